The minimum atomic E-state index is -0.527. The summed E-state index contributed by atoms with van der Waals surface area (Å²) in [6, 6.07) is 3.98. The molecule has 0 radical (unpaired) electrons. The van der Waals surface area contributed by atoms with E-state index in [1.54, 1.807) is 0 Å². The first-order valence-electron chi connectivity index (χ1n) is 6.06. The molecule has 98 valence electrons. The van der Waals surface area contributed by atoms with Crippen LogP contribution >= 0.6 is 15.9 Å². The monoisotopic (exact) mass is 313 g/mol. The number of fused-ring (bicyclic) bond motifs is 1. The van der Waals surface area contributed by atoms with Crippen LogP contribution in [0.5, 0.6) is 11.5 Å². The second kappa shape index (κ2) is 4.40. The van der Waals surface area contributed by atoms with Crippen LogP contribution in [0.4, 0.5) is 0 Å². The summed E-state index contributed by atoms with van der Waals surface area (Å²) in [7, 11) is 0. The van der Waals surface area contributed by atoms with E-state index in [4.69, 9.17) is 9.47 Å². The van der Waals surface area contributed by atoms with E-state index in [-0.39, 0.29) is 0 Å². The van der Waals surface area contributed by atoms with Crippen LogP contribution in [0, 0.1) is 0 Å². The van der Waals surface area contributed by atoms with Gasteiger partial charge in [-0.05, 0) is 24.6 Å². The number of hydrogen-bond donors (Lipinski definition) is 1. The molecule has 0 aromatic heterocycles. The predicted molar refractivity (Wildman–Crippen MR) is 71.0 cm³/mol. The molecular weight excluding hydrogens is 298 g/mol. The van der Waals surface area contributed by atoms with Gasteiger partial charge in [0.25, 0.3) is 0 Å². The summed E-state index contributed by atoms with van der Waals surface area (Å²) >= 11 is 3.56. The van der Waals surface area contributed by atoms with Crippen LogP contribution in [0.15, 0.2) is 16.6 Å². The van der Waals surface area contributed by atoms with Gasteiger partial charge >= 0.3 is 0 Å². The number of halogens is 1. The van der Waals surface area contributed by atoms with Gasteiger partial charge in [-0.2, -0.15) is 0 Å². The van der Waals surface area contributed by atoms with Gasteiger partial charge < -0.3 is 14.6 Å². The molecule has 18 heavy (non-hydrogen) atoms. The van der Waals surface area contributed by atoms with E-state index in [0.29, 0.717) is 26.3 Å². The van der Waals surface area contributed by atoms with Crippen molar-refractivity contribution in [2.75, 3.05) is 26.3 Å². The fourth-order valence-corrected chi connectivity index (χ4v) is 2.94. The molecule has 0 atom stereocenters. The number of β-amino-alcohol motifs (C(OH)–C–C–N with tert-alkyl or cyclic N) is 1. The van der Waals surface area contributed by atoms with Crippen molar-refractivity contribution in [1.82, 2.24) is 4.90 Å². The average Bonchev–Trinajstić information content (AvgIpc) is 2.27. The molecule has 1 fully saturated rings. The van der Waals surface area contributed by atoms with Crippen LogP contribution in [0.3, 0.4) is 0 Å². The molecule has 2 aliphatic heterocycles. The Hall–Kier alpha value is -0.780. The van der Waals surface area contributed by atoms with Crippen molar-refractivity contribution in [3.63, 3.8) is 0 Å². The zero-order valence-corrected chi connectivity index (χ0v) is 11.9. The molecule has 1 aromatic carbocycles. The summed E-state index contributed by atoms with van der Waals surface area (Å²) in [4.78, 5) is 2.20. The van der Waals surface area contributed by atoms with Gasteiger partial charge in [-0.25, -0.2) is 0 Å². The summed E-state index contributed by atoms with van der Waals surface area (Å²) in [5.74, 6) is 1.61. The Kier molecular flexibility index (Phi) is 3.00. The van der Waals surface area contributed by atoms with E-state index in [9.17, 15) is 5.11 Å². The van der Waals surface area contributed by atoms with Gasteiger partial charge in [0, 0.05) is 24.1 Å². The smallest absolute Gasteiger partial charge is 0.162 e. The zero-order valence-electron chi connectivity index (χ0n) is 10.3. The molecule has 5 heteroatoms. The third kappa shape index (κ3) is 2.35. The number of nitrogens with zero attached hydrogens (tertiary/aromatic N) is 1. The summed E-state index contributed by atoms with van der Waals surface area (Å²) in [5, 5.41) is 9.72. The van der Waals surface area contributed by atoms with Crippen molar-refractivity contribution in [3.8, 4) is 11.5 Å². The second-order valence-electron chi connectivity index (χ2n) is 5.23. The van der Waals surface area contributed by atoms with Crippen LogP contribution in [0.25, 0.3) is 0 Å². The fourth-order valence-electron chi connectivity index (χ4n) is 2.50. The van der Waals surface area contributed by atoms with E-state index in [1.807, 2.05) is 19.1 Å². The summed E-state index contributed by atoms with van der Waals surface area (Å²) in [6.07, 6.45) is 0. The van der Waals surface area contributed by atoms with Crippen LogP contribution in [0.1, 0.15) is 12.5 Å². The number of aliphatic hydroxyl groups is 1. The maximum Gasteiger partial charge on any atom is 0.162 e. The highest BCUT2D eigenvalue weighted by molar-refractivity contribution is 9.10. The minimum absolute atomic E-state index is 0.527. The Labute approximate surface area is 115 Å². The lowest BCUT2D eigenvalue weighted by Gasteiger charge is -2.44. The van der Waals surface area contributed by atoms with E-state index < -0.39 is 5.60 Å². The Bertz CT molecular complexity index is 468. The van der Waals surface area contributed by atoms with E-state index in [0.717, 1.165) is 28.1 Å². The molecule has 4 nitrogen and oxygen atoms in total. The van der Waals surface area contributed by atoms with Crippen molar-refractivity contribution in [2.24, 2.45) is 0 Å². The Morgan fingerprint density at radius 3 is 2.50 bits per heavy atom. The SMILES string of the molecule is CC1(O)CN(Cc2cc3c(cc2Br)OCCO3)C1. The number of rotatable bonds is 2. The Balaban J connectivity index is 1.76. The Morgan fingerprint density at radius 1 is 1.28 bits per heavy atom. The third-order valence-electron chi connectivity index (χ3n) is 3.23. The van der Waals surface area contributed by atoms with Crippen LogP contribution in [-0.4, -0.2) is 41.9 Å². The molecule has 1 saturated heterocycles. The van der Waals surface area contributed by atoms with Crippen molar-refractivity contribution < 1.29 is 14.6 Å². The van der Waals surface area contributed by atoms with Gasteiger partial charge in [0.15, 0.2) is 11.5 Å². The number of benzene rings is 1. The molecule has 2 aliphatic rings. The number of ether oxygens (including phenoxy) is 2. The highest BCUT2D eigenvalue weighted by Gasteiger charge is 2.36. The lowest BCUT2D eigenvalue weighted by molar-refractivity contribution is -0.0872. The highest BCUT2D eigenvalue weighted by atomic mass is 79.9. The van der Waals surface area contributed by atoms with Crippen molar-refractivity contribution in [1.29, 1.82) is 0 Å². The Morgan fingerprint density at radius 2 is 1.89 bits per heavy atom. The lowest BCUT2D eigenvalue weighted by Crippen LogP contribution is -2.59. The predicted octanol–water partition coefficient (Wildman–Crippen LogP) is 1.79. The van der Waals surface area contributed by atoms with Gasteiger partial charge in [-0.1, -0.05) is 15.9 Å². The van der Waals surface area contributed by atoms with E-state index in [1.165, 1.54) is 0 Å². The van der Waals surface area contributed by atoms with Gasteiger partial charge in [0.1, 0.15) is 13.2 Å². The van der Waals surface area contributed by atoms with Crippen molar-refractivity contribution >= 4 is 15.9 Å². The zero-order chi connectivity index (χ0) is 12.8. The van der Waals surface area contributed by atoms with Crippen molar-refractivity contribution in [3.05, 3.63) is 22.2 Å². The van der Waals surface area contributed by atoms with Crippen LogP contribution in [0.2, 0.25) is 0 Å². The van der Waals surface area contributed by atoms with E-state index in [2.05, 4.69) is 20.8 Å². The largest absolute Gasteiger partial charge is 0.486 e. The standard InChI is InChI=1S/C13H16BrNO3/c1-13(16)7-15(8-13)6-9-4-11-12(5-10(9)14)18-3-2-17-11/h4-5,16H,2-3,6-8H2,1H3. The molecule has 0 spiro atoms. The average molecular weight is 314 g/mol. The molecule has 0 aliphatic carbocycles. The van der Waals surface area contributed by atoms with Gasteiger partial charge in [0.05, 0.1) is 5.60 Å². The quantitative estimate of drug-likeness (QED) is 0.904. The van der Waals surface area contributed by atoms with Crippen molar-refractivity contribution in [2.45, 2.75) is 19.1 Å². The fraction of sp³-hybridized carbons (Fsp3) is 0.538. The number of hydrogen-bond acceptors (Lipinski definition) is 4. The second-order valence-corrected chi connectivity index (χ2v) is 6.08. The first kappa shape index (κ1) is 12.3. The first-order valence-corrected chi connectivity index (χ1v) is 6.86. The third-order valence-corrected chi connectivity index (χ3v) is 3.97. The maximum absolute atomic E-state index is 9.72. The lowest BCUT2D eigenvalue weighted by atomic mass is 9.96. The first-order chi connectivity index (χ1) is 8.53. The summed E-state index contributed by atoms with van der Waals surface area (Å²) in [5.41, 5.74) is 0.634. The molecule has 0 saturated carbocycles. The van der Waals surface area contributed by atoms with E-state index >= 15 is 0 Å². The van der Waals surface area contributed by atoms with Gasteiger partial charge in [-0.15, -0.1) is 0 Å². The minimum Gasteiger partial charge on any atom is -0.486 e. The van der Waals surface area contributed by atoms with Gasteiger partial charge in [0.2, 0.25) is 0 Å². The van der Waals surface area contributed by atoms with Crippen LogP contribution in [-0.2, 0) is 6.54 Å². The summed E-state index contributed by atoms with van der Waals surface area (Å²) in [6.45, 7) is 5.32. The number of likely N-dealkylation sites (tertiary alicyclic amines) is 1. The van der Waals surface area contributed by atoms with Crippen LogP contribution < -0.4 is 9.47 Å². The normalized spacial score (nSPS) is 21.5. The van der Waals surface area contributed by atoms with Gasteiger partial charge in [-0.3, -0.25) is 4.90 Å². The molecule has 0 unspecified atom stereocenters. The molecule has 0 bridgehead atoms. The summed E-state index contributed by atoms with van der Waals surface area (Å²) < 4.78 is 12.1. The maximum atomic E-state index is 9.72. The molecule has 1 aromatic rings. The highest BCUT2D eigenvalue weighted by Crippen LogP contribution is 2.36. The molecule has 0 amide bonds. The molecular formula is C13H16BrNO3. The topological polar surface area (TPSA) is 41.9 Å². The molecule has 3 rings (SSSR count). The molecule has 1 N–H and O–H groups in total. The molecule has 2 heterocycles.